The smallest absolute Gasteiger partial charge is 0.318 e. The van der Waals surface area contributed by atoms with Crippen LogP contribution in [0.1, 0.15) is 36.6 Å². The summed E-state index contributed by atoms with van der Waals surface area (Å²) >= 11 is 0. The maximum Gasteiger partial charge on any atom is 0.318 e. The van der Waals surface area contributed by atoms with Gasteiger partial charge in [-0.05, 0) is 50.1 Å². The number of benzene rings is 1. The van der Waals surface area contributed by atoms with E-state index in [1.807, 2.05) is 39.0 Å². The molecule has 136 valence electrons. The highest BCUT2D eigenvalue weighted by molar-refractivity contribution is 5.74. The van der Waals surface area contributed by atoms with Gasteiger partial charge in [0, 0.05) is 12.1 Å². The van der Waals surface area contributed by atoms with Crippen LogP contribution in [0.4, 0.5) is 4.79 Å². The second kappa shape index (κ2) is 8.46. The summed E-state index contributed by atoms with van der Waals surface area (Å²) in [5, 5.41) is 3.05. The maximum atomic E-state index is 12.6. The van der Waals surface area contributed by atoms with E-state index < -0.39 is 0 Å². The van der Waals surface area contributed by atoms with Crippen molar-refractivity contribution in [3.05, 3.63) is 47.4 Å². The highest BCUT2D eigenvalue weighted by Crippen LogP contribution is 2.32. The Balaban J connectivity index is 2.12. The molecule has 0 aliphatic heterocycles. The van der Waals surface area contributed by atoms with Crippen LogP contribution < -0.4 is 14.8 Å². The summed E-state index contributed by atoms with van der Waals surface area (Å²) in [6.07, 6.45) is 3.26. The molecule has 0 radical (unpaired) electrons. The first kappa shape index (κ1) is 18.7. The number of carbonyl (C=O) groups excluding carboxylic acids is 1. The number of nitrogens with one attached hydrogen (secondary N) is 1. The Kier molecular flexibility index (Phi) is 6.33. The van der Waals surface area contributed by atoms with Gasteiger partial charge in [0.15, 0.2) is 11.5 Å². The van der Waals surface area contributed by atoms with Gasteiger partial charge in [-0.2, -0.15) is 0 Å². The monoisotopic (exact) mass is 346 g/mol. The third kappa shape index (κ3) is 4.47. The van der Waals surface area contributed by atoms with Crippen LogP contribution in [0.15, 0.2) is 35.1 Å². The Morgan fingerprint density at radius 3 is 2.52 bits per heavy atom. The molecule has 0 saturated carbocycles. The molecule has 1 atom stereocenters. The molecule has 0 bridgehead atoms. The van der Waals surface area contributed by atoms with Crippen LogP contribution in [0.5, 0.6) is 11.5 Å². The molecule has 0 spiro atoms. The highest BCUT2D eigenvalue weighted by Gasteiger charge is 2.19. The topological polar surface area (TPSA) is 63.9 Å². The summed E-state index contributed by atoms with van der Waals surface area (Å²) in [6.45, 7) is 7.01. The van der Waals surface area contributed by atoms with Crippen LogP contribution in [0, 0.1) is 6.92 Å². The lowest BCUT2D eigenvalue weighted by Gasteiger charge is -2.25. The van der Waals surface area contributed by atoms with Crippen molar-refractivity contribution in [2.45, 2.75) is 33.4 Å². The number of furan rings is 1. The largest absolute Gasteiger partial charge is 0.493 e. The molecule has 1 aromatic heterocycles. The standard InChI is InChI=1S/C19H26N2O4/c1-6-21(11-15-7-8-25-12-15)19(22)20-14(3)16-10-18(24-5)17(23-4)9-13(16)2/h7-10,12,14H,6,11H2,1-5H3,(H,20,22)/t14-/m0/s1. The molecule has 0 unspecified atom stereocenters. The van der Waals surface area contributed by atoms with Crippen molar-refractivity contribution in [3.8, 4) is 11.5 Å². The van der Waals surface area contributed by atoms with Gasteiger partial charge in [0.1, 0.15) is 0 Å². The molecule has 1 N–H and O–H groups in total. The van der Waals surface area contributed by atoms with Gasteiger partial charge >= 0.3 is 6.03 Å². The predicted molar refractivity (Wildman–Crippen MR) is 96.0 cm³/mol. The summed E-state index contributed by atoms with van der Waals surface area (Å²) in [7, 11) is 3.21. The van der Waals surface area contributed by atoms with Crippen LogP contribution in [0.3, 0.4) is 0 Å². The number of nitrogens with zero attached hydrogens (tertiary/aromatic N) is 1. The lowest BCUT2D eigenvalue weighted by atomic mass is 10.0. The zero-order chi connectivity index (χ0) is 18.4. The molecule has 0 aliphatic rings. The van der Waals surface area contributed by atoms with E-state index in [4.69, 9.17) is 13.9 Å². The minimum absolute atomic E-state index is 0.120. The highest BCUT2D eigenvalue weighted by atomic mass is 16.5. The fraction of sp³-hybridized carbons (Fsp3) is 0.421. The van der Waals surface area contributed by atoms with Crippen LogP contribution in [0.25, 0.3) is 0 Å². The molecule has 0 aliphatic carbocycles. The second-order valence-electron chi connectivity index (χ2n) is 5.88. The van der Waals surface area contributed by atoms with E-state index in [-0.39, 0.29) is 12.1 Å². The molecule has 6 heteroatoms. The van der Waals surface area contributed by atoms with Crippen molar-refractivity contribution < 1.29 is 18.7 Å². The number of urea groups is 1. The van der Waals surface area contributed by atoms with Crippen molar-refractivity contribution in [2.75, 3.05) is 20.8 Å². The molecular weight excluding hydrogens is 320 g/mol. The van der Waals surface area contributed by atoms with Crippen molar-refractivity contribution >= 4 is 6.03 Å². The Morgan fingerprint density at radius 1 is 1.28 bits per heavy atom. The normalized spacial score (nSPS) is 11.7. The number of ether oxygens (including phenoxy) is 2. The van der Waals surface area contributed by atoms with E-state index in [1.54, 1.807) is 31.6 Å². The molecule has 0 saturated heterocycles. The first-order valence-corrected chi connectivity index (χ1v) is 8.29. The van der Waals surface area contributed by atoms with E-state index in [1.165, 1.54) is 0 Å². The van der Waals surface area contributed by atoms with Crippen LogP contribution >= 0.6 is 0 Å². The Hall–Kier alpha value is -2.63. The lowest BCUT2D eigenvalue weighted by molar-refractivity contribution is 0.194. The first-order chi connectivity index (χ1) is 12.0. The van der Waals surface area contributed by atoms with E-state index in [9.17, 15) is 4.79 Å². The fourth-order valence-electron chi connectivity index (χ4n) is 2.75. The third-order valence-electron chi connectivity index (χ3n) is 4.20. The van der Waals surface area contributed by atoms with Gasteiger partial charge in [-0.3, -0.25) is 0 Å². The van der Waals surface area contributed by atoms with Gasteiger partial charge < -0.3 is 24.1 Å². The lowest BCUT2D eigenvalue weighted by Crippen LogP contribution is -2.40. The SMILES string of the molecule is CCN(Cc1ccoc1)C(=O)N[C@@H](C)c1cc(OC)c(OC)cc1C. The van der Waals surface area contributed by atoms with Gasteiger partial charge in [0.25, 0.3) is 0 Å². The summed E-state index contributed by atoms with van der Waals surface area (Å²) in [6, 6.07) is 5.40. The van der Waals surface area contributed by atoms with Gasteiger partial charge in [-0.25, -0.2) is 4.79 Å². The van der Waals surface area contributed by atoms with Gasteiger partial charge in [0.2, 0.25) is 0 Å². The third-order valence-corrected chi connectivity index (χ3v) is 4.20. The minimum atomic E-state index is -0.161. The molecule has 2 aromatic rings. The van der Waals surface area contributed by atoms with E-state index in [2.05, 4.69) is 5.32 Å². The molecule has 6 nitrogen and oxygen atoms in total. The quantitative estimate of drug-likeness (QED) is 0.826. The molecule has 2 rings (SSSR count). The predicted octanol–water partition coefficient (Wildman–Crippen LogP) is 3.90. The average molecular weight is 346 g/mol. The number of hydrogen-bond acceptors (Lipinski definition) is 4. The summed E-state index contributed by atoms with van der Waals surface area (Å²) in [5.41, 5.74) is 2.99. The summed E-state index contributed by atoms with van der Waals surface area (Å²) in [4.78, 5) is 14.3. The Morgan fingerprint density at radius 2 is 1.96 bits per heavy atom. The molecular formula is C19H26N2O4. The molecule has 2 amide bonds. The molecule has 25 heavy (non-hydrogen) atoms. The van der Waals surface area contributed by atoms with Crippen LogP contribution in [0.2, 0.25) is 0 Å². The number of amides is 2. The number of hydrogen-bond donors (Lipinski definition) is 1. The van der Waals surface area contributed by atoms with Crippen molar-refractivity contribution in [1.82, 2.24) is 10.2 Å². The maximum absolute atomic E-state index is 12.6. The zero-order valence-corrected chi connectivity index (χ0v) is 15.5. The van der Waals surface area contributed by atoms with E-state index in [0.717, 1.165) is 16.7 Å². The molecule has 1 heterocycles. The van der Waals surface area contributed by atoms with Gasteiger partial charge in [0.05, 0.1) is 39.3 Å². The van der Waals surface area contributed by atoms with Gasteiger partial charge in [-0.15, -0.1) is 0 Å². The van der Waals surface area contributed by atoms with Crippen LogP contribution in [-0.4, -0.2) is 31.7 Å². The van der Waals surface area contributed by atoms with Gasteiger partial charge in [-0.1, -0.05) is 0 Å². The second-order valence-corrected chi connectivity index (χ2v) is 5.88. The van der Waals surface area contributed by atoms with E-state index in [0.29, 0.717) is 24.6 Å². The number of rotatable bonds is 7. The molecule has 1 aromatic carbocycles. The Labute approximate surface area is 148 Å². The van der Waals surface area contributed by atoms with E-state index >= 15 is 0 Å². The molecule has 0 fully saturated rings. The number of methoxy groups -OCH3 is 2. The van der Waals surface area contributed by atoms with Crippen molar-refractivity contribution in [3.63, 3.8) is 0 Å². The first-order valence-electron chi connectivity index (χ1n) is 8.29. The number of aryl methyl sites for hydroxylation is 1. The summed E-state index contributed by atoms with van der Waals surface area (Å²) < 4.78 is 15.8. The minimum Gasteiger partial charge on any atom is -0.493 e. The average Bonchev–Trinajstić information content (AvgIpc) is 3.12. The van der Waals surface area contributed by atoms with Crippen LogP contribution in [-0.2, 0) is 6.54 Å². The number of carbonyl (C=O) groups is 1. The van der Waals surface area contributed by atoms with Crippen molar-refractivity contribution in [2.24, 2.45) is 0 Å². The van der Waals surface area contributed by atoms with Crippen molar-refractivity contribution in [1.29, 1.82) is 0 Å². The Bertz CT molecular complexity index is 698. The fourth-order valence-corrected chi connectivity index (χ4v) is 2.75. The summed E-state index contributed by atoms with van der Waals surface area (Å²) in [5.74, 6) is 1.33. The zero-order valence-electron chi connectivity index (χ0n) is 15.5.